The first-order valence-corrected chi connectivity index (χ1v) is 30.4. The van der Waals surface area contributed by atoms with E-state index in [4.69, 9.17) is 18.9 Å². The highest BCUT2D eigenvalue weighted by atomic mass is 16.5. The van der Waals surface area contributed by atoms with Gasteiger partial charge in [-0.05, 0) is 107 Å². The molecule has 12 heteroatoms. The van der Waals surface area contributed by atoms with Crippen molar-refractivity contribution in [2.24, 2.45) is 0 Å². The van der Waals surface area contributed by atoms with Gasteiger partial charge in [-0.3, -0.25) is 0 Å². The van der Waals surface area contributed by atoms with Crippen LogP contribution in [0.1, 0.15) is 117 Å². The average molecular weight is 1130 g/mol. The number of carbonyl (C=O) groups excluding carboxylic acids is 4. The van der Waals surface area contributed by atoms with Crippen molar-refractivity contribution >= 4 is 48.2 Å². The Kier molecular flexibility index (Phi) is 39.6. The first-order valence-electron chi connectivity index (χ1n) is 30.4. The second-order valence-electron chi connectivity index (χ2n) is 21.7. The summed E-state index contributed by atoms with van der Waals surface area (Å²) in [5.41, 5.74) is 4.02. The number of carbonyl (C=O) groups is 4. The molecule has 0 fully saturated rings. The van der Waals surface area contributed by atoms with E-state index in [-0.39, 0.29) is 23.9 Å². The lowest BCUT2D eigenvalue weighted by Gasteiger charge is -2.37. The first-order chi connectivity index (χ1) is 39.4. The third kappa shape index (κ3) is 34.8. The Balaban J connectivity index is 0.000000550. The quantitative estimate of drug-likeness (QED) is 0.0197. The summed E-state index contributed by atoms with van der Waals surface area (Å²) in [6, 6.07) is 39.0. The van der Waals surface area contributed by atoms with Gasteiger partial charge in [-0.1, -0.05) is 155 Å². The standard InChI is InChI=1S/C20H32NO2.C19H30NO2.C17H26NO2.C14H20NO2/c1-4-7-16-21(6-3,15-5-2)17-18-23-20(22)14-13-19-11-9-8-10-12-19;1-4-14-20(6-3,15-5-2)16-17-22-19(21)13-12-18-10-8-7-9-11-18;1-4-18(5-2,6-3)14-15-20-17(19)13-12-16-10-8-7-9-11-16;1-15(2,3)11-12-17-14(16)10-9-13-7-5-4-6-8-13/h8-14H,4-7,15-18H2,1-3H3;7-13H,4-6,14-17H2,1-3H3;7-13H,4-6,14-15H2,1-3H3;4-10H,11-12H2,1-3H3/q4*+1/b14-13+;2*13-12+;10-9+. The molecule has 0 aliphatic rings. The van der Waals surface area contributed by atoms with E-state index in [1.807, 2.05) is 121 Å². The monoisotopic (exact) mass is 1130 g/mol. The number of quaternary nitrogens is 4. The molecule has 4 rings (SSSR count). The smallest absolute Gasteiger partial charge is 0.330 e. The molecular formula is C70H108N4O8+4. The van der Waals surface area contributed by atoms with Gasteiger partial charge in [0.25, 0.3) is 0 Å². The number of unbranched alkanes of at least 4 members (excludes halogenated alkanes) is 1. The summed E-state index contributed by atoms with van der Waals surface area (Å²) in [4.78, 5) is 46.7. The summed E-state index contributed by atoms with van der Waals surface area (Å²) >= 11 is 0. The minimum absolute atomic E-state index is 0.255. The van der Waals surface area contributed by atoms with Crippen molar-refractivity contribution in [1.29, 1.82) is 0 Å². The van der Waals surface area contributed by atoms with Crippen molar-refractivity contribution in [3.63, 3.8) is 0 Å². The van der Waals surface area contributed by atoms with Crippen LogP contribution in [0.5, 0.6) is 0 Å². The highest BCUT2D eigenvalue weighted by molar-refractivity contribution is 5.88. The number of hydrogen-bond donors (Lipinski definition) is 0. The van der Waals surface area contributed by atoms with Gasteiger partial charge in [-0.15, -0.1) is 0 Å². The van der Waals surface area contributed by atoms with Gasteiger partial charge in [-0.25, -0.2) is 19.2 Å². The summed E-state index contributed by atoms with van der Waals surface area (Å²) in [7, 11) is 6.19. The van der Waals surface area contributed by atoms with Crippen LogP contribution in [0.25, 0.3) is 24.3 Å². The number of likely N-dealkylation sites (N-methyl/N-ethyl adjacent to an activating group) is 4. The zero-order valence-corrected chi connectivity index (χ0v) is 52.8. The molecule has 4 aromatic carbocycles. The van der Waals surface area contributed by atoms with E-state index in [0.29, 0.717) is 26.4 Å². The topological polar surface area (TPSA) is 105 Å². The normalized spacial score (nSPS) is 12.3. The van der Waals surface area contributed by atoms with E-state index in [1.165, 1.54) is 50.1 Å². The van der Waals surface area contributed by atoms with Crippen molar-refractivity contribution in [3.05, 3.63) is 168 Å². The maximum absolute atomic E-state index is 11.8. The van der Waals surface area contributed by atoms with Crippen LogP contribution < -0.4 is 0 Å². The molecule has 0 N–H and O–H groups in total. The van der Waals surface area contributed by atoms with Crippen LogP contribution in [-0.4, -0.2) is 174 Å². The Morgan fingerprint density at radius 3 is 0.793 bits per heavy atom. The molecule has 0 bridgehead atoms. The molecule has 0 heterocycles. The molecule has 0 amide bonds. The predicted octanol–water partition coefficient (Wildman–Crippen LogP) is 13.3. The van der Waals surface area contributed by atoms with Crippen molar-refractivity contribution in [2.45, 2.75) is 94.4 Å². The van der Waals surface area contributed by atoms with Gasteiger partial charge >= 0.3 is 23.9 Å². The molecule has 0 radical (unpaired) electrons. The van der Waals surface area contributed by atoms with E-state index in [0.717, 1.165) is 132 Å². The molecule has 12 nitrogen and oxygen atoms in total. The largest absolute Gasteiger partial charge is 0.457 e. The van der Waals surface area contributed by atoms with Gasteiger partial charge in [0.2, 0.25) is 0 Å². The molecule has 0 aromatic heterocycles. The van der Waals surface area contributed by atoms with Crippen molar-refractivity contribution in [1.82, 2.24) is 0 Å². The van der Waals surface area contributed by atoms with E-state index in [2.05, 4.69) is 83.5 Å². The number of nitrogens with zero attached hydrogens (tertiary/aromatic N) is 4. The number of hydrogen-bond acceptors (Lipinski definition) is 8. The Hall–Kier alpha value is -6.44. The molecular weight excluding hydrogens is 1020 g/mol. The van der Waals surface area contributed by atoms with E-state index >= 15 is 0 Å². The zero-order valence-electron chi connectivity index (χ0n) is 52.8. The lowest BCUT2D eigenvalue weighted by molar-refractivity contribution is -0.926. The number of esters is 4. The zero-order chi connectivity index (χ0) is 60.8. The van der Waals surface area contributed by atoms with E-state index < -0.39 is 0 Å². The number of rotatable bonds is 34. The molecule has 0 spiro atoms. The van der Waals surface area contributed by atoms with Crippen LogP contribution >= 0.6 is 0 Å². The minimum Gasteiger partial charge on any atom is -0.457 e. The van der Waals surface area contributed by atoms with Crippen LogP contribution in [0.4, 0.5) is 0 Å². The van der Waals surface area contributed by atoms with Crippen molar-refractivity contribution in [2.75, 3.05) is 133 Å². The molecule has 452 valence electrons. The lowest BCUT2D eigenvalue weighted by Crippen LogP contribution is -2.51. The highest BCUT2D eigenvalue weighted by Gasteiger charge is 2.25. The minimum atomic E-state index is -0.290. The molecule has 0 aliphatic heterocycles. The maximum atomic E-state index is 11.8. The van der Waals surface area contributed by atoms with Crippen molar-refractivity contribution < 1.29 is 56.1 Å². The Labute approximate surface area is 497 Å². The fraction of sp³-hybridized carbons (Fsp3) is 0.486. The maximum Gasteiger partial charge on any atom is 0.330 e. The third-order valence-corrected chi connectivity index (χ3v) is 14.7. The summed E-state index contributed by atoms with van der Waals surface area (Å²) in [5.74, 6) is -1.07. The molecule has 0 saturated heterocycles. The molecule has 4 aromatic rings. The predicted molar refractivity (Wildman–Crippen MR) is 342 cm³/mol. The van der Waals surface area contributed by atoms with Gasteiger partial charge in [0.05, 0.1) is 80.0 Å². The second kappa shape index (κ2) is 44.2. The Morgan fingerprint density at radius 2 is 0.561 bits per heavy atom. The first kappa shape index (κ1) is 73.6. The Morgan fingerprint density at radius 1 is 0.317 bits per heavy atom. The van der Waals surface area contributed by atoms with Gasteiger partial charge in [-0.2, -0.15) is 0 Å². The van der Waals surface area contributed by atoms with Crippen LogP contribution in [-0.2, 0) is 38.1 Å². The lowest BCUT2D eigenvalue weighted by atomic mass is 10.2. The number of benzene rings is 4. The van der Waals surface area contributed by atoms with Crippen LogP contribution in [0.15, 0.2) is 146 Å². The SMILES string of the molecule is CCCC[N+](CC)(CCC)CCOC(=O)/C=C/c1ccccc1.CCC[N+](CC)(CCC)CCOC(=O)/C=C/c1ccccc1.CC[N+](CC)(CC)CCOC(=O)/C=C/c1ccccc1.C[N+](C)(C)CCOC(=O)/C=C/c1ccccc1. The number of ether oxygens (including phenoxy) is 4. The van der Waals surface area contributed by atoms with Crippen molar-refractivity contribution in [3.8, 4) is 0 Å². The second-order valence-corrected chi connectivity index (χ2v) is 21.7. The summed E-state index contributed by atoms with van der Waals surface area (Å²) in [6.45, 7) is 35.4. The molecule has 1 unspecified atom stereocenters. The fourth-order valence-corrected chi connectivity index (χ4v) is 9.23. The summed E-state index contributed by atoms with van der Waals surface area (Å²) in [5, 5.41) is 0. The molecule has 0 saturated carbocycles. The molecule has 1 atom stereocenters. The molecule has 82 heavy (non-hydrogen) atoms. The van der Waals surface area contributed by atoms with E-state index in [1.54, 1.807) is 24.3 Å². The van der Waals surface area contributed by atoms with Crippen LogP contribution in [0.3, 0.4) is 0 Å². The third-order valence-electron chi connectivity index (χ3n) is 14.7. The van der Waals surface area contributed by atoms with Gasteiger partial charge < -0.3 is 36.9 Å². The van der Waals surface area contributed by atoms with Crippen LogP contribution in [0.2, 0.25) is 0 Å². The molecule has 0 aliphatic carbocycles. The summed E-state index contributed by atoms with van der Waals surface area (Å²) in [6.07, 6.45) is 19.0. The summed E-state index contributed by atoms with van der Waals surface area (Å²) < 4.78 is 25.0. The van der Waals surface area contributed by atoms with E-state index in [9.17, 15) is 19.2 Å². The Bertz CT molecular complexity index is 2380. The van der Waals surface area contributed by atoms with Gasteiger partial charge in [0.15, 0.2) is 0 Å². The van der Waals surface area contributed by atoms with Gasteiger partial charge in [0.1, 0.15) is 52.6 Å². The highest BCUT2D eigenvalue weighted by Crippen LogP contribution is 2.13. The average Bonchev–Trinajstić information content (AvgIpc) is 3.49. The van der Waals surface area contributed by atoms with Crippen LogP contribution in [0, 0.1) is 0 Å². The van der Waals surface area contributed by atoms with Gasteiger partial charge in [0, 0.05) is 24.3 Å². The fourth-order valence-electron chi connectivity index (χ4n) is 9.23.